The standard InChI is InChI=1S/C20H24ClF3N4O4S/c1-27(18(30)16-17(20(22,23)24)26-19(31)33-16)9-11(29)10-28-6-4-12(5-7-28)32-13-2-3-15(25)14(21)8-13/h2-3,8,11-12,29H,4-7,9-10,25H2,1H3,(H,26,31)/t11-/m1/s1. The van der Waals surface area contributed by atoms with Crippen molar-refractivity contribution >= 4 is 34.5 Å². The first-order valence-electron chi connectivity index (χ1n) is 10.1. The summed E-state index contributed by atoms with van der Waals surface area (Å²) in [6, 6.07) is 5.07. The van der Waals surface area contributed by atoms with E-state index in [9.17, 15) is 27.9 Å². The average Bonchev–Trinajstić information content (AvgIpc) is 3.14. The first-order valence-corrected chi connectivity index (χ1v) is 11.3. The molecule has 1 amide bonds. The summed E-state index contributed by atoms with van der Waals surface area (Å²) in [6.45, 7) is 1.34. The number of aliphatic hydroxyl groups is 1. The molecule has 1 aromatic heterocycles. The zero-order chi connectivity index (χ0) is 24.3. The Bertz CT molecular complexity index is 1040. The van der Waals surface area contributed by atoms with Gasteiger partial charge in [0.1, 0.15) is 22.4 Å². The van der Waals surface area contributed by atoms with Crippen LogP contribution in [-0.2, 0) is 6.18 Å². The van der Waals surface area contributed by atoms with Gasteiger partial charge in [0.15, 0.2) is 0 Å². The van der Waals surface area contributed by atoms with Crippen molar-refractivity contribution in [3.63, 3.8) is 0 Å². The smallest absolute Gasteiger partial charge is 0.432 e. The third-order valence-electron chi connectivity index (χ3n) is 5.24. The number of alkyl halides is 3. The van der Waals surface area contributed by atoms with Crippen molar-refractivity contribution in [3.8, 4) is 5.75 Å². The van der Waals surface area contributed by atoms with Crippen molar-refractivity contribution in [1.82, 2.24) is 14.8 Å². The molecule has 0 radical (unpaired) electrons. The summed E-state index contributed by atoms with van der Waals surface area (Å²) < 4.78 is 45.1. The Labute approximate surface area is 196 Å². The number of nitrogens with one attached hydrogen (secondary N) is 1. The maximum Gasteiger partial charge on any atom is 0.432 e. The van der Waals surface area contributed by atoms with Crippen LogP contribution in [0.15, 0.2) is 23.0 Å². The molecule has 1 aromatic carbocycles. The average molecular weight is 509 g/mol. The van der Waals surface area contributed by atoms with Crippen LogP contribution in [0.5, 0.6) is 5.75 Å². The number of anilines is 1. The van der Waals surface area contributed by atoms with Gasteiger partial charge in [-0.1, -0.05) is 22.9 Å². The number of carbonyl (C=O) groups excluding carboxylic acids is 1. The lowest BCUT2D eigenvalue weighted by atomic mass is 10.1. The van der Waals surface area contributed by atoms with Crippen molar-refractivity contribution in [2.45, 2.75) is 31.2 Å². The number of piperidine rings is 1. The molecule has 1 atom stereocenters. The Morgan fingerprint density at radius 3 is 2.70 bits per heavy atom. The number of nitrogen functional groups attached to an aromatic ring is 1. The van der Waals surface area contributed by atoms with E-state index in [1.165, 1.54) is 7.05 Å². The van der Waals surface area contributed by atoms with Crippen molar-refractivity contribution in [1.29, 1.82) is 0 Å². The van der Waals surface area contributed by atoms with Gasteiger partial charge in [0, 0.05) is 39.3 Å². The zero-order valence-corrected chi connectivity index (χ0v) is 19.3. The SMILES string of the molecule is CN(C[C@@H](O)CN1CCC(Oc2ccc(N)c(Cl)c2)CC1)C(=O)c1sc(=O)[nH]c1C(F)(F)F. The maximum absolute atomic E-state index is 13.1. The molecule has 182 valence electrons. The highest BCUT2D eigenvalue weighted by atomic mass is 35.5. The number of hydrogen-bond acceptors (Lipinski definition) is 7. The molecule has 8 nitrogen and oxygen atoms in total. The second kappa shape index (κ2) is 10.3. The second-order valence-corrected chi connectivity index (χ2v) is 9.25. The number of ether oxygens (including phenoxy) is 1. The number of nitrogens with zero attached hydrogens (tertiary/aromatic N) is 2. The molecule has 1 fully saturated rings. The van der Waals surface area contributed by atoms with Gasteiger partial charge in [-0.2, -0.15) is 13.2 Å². The Balaban J connectivity index is 1.48. The second-order valence-electron chi connectivity index (χ2n) is 7.86. The van der Waals surface area contributed by atoms with E-state index >= 15 is 0 Å². The number of aromatic nitrogens is 1. The number of rotatable bonds is 7. The maximum atomic E-state index is 13.1. The third-order valence-corrected chi connectivity index (χ3v) is 6.43. The number of hydrogen-bond donors (Lipinski definition) is 3. The van der Waals surface area contributed by atoms with E-state index in [4.69, 9.17) is 22.1 Å². The van der Waals surface area contributed by atoms with Gasteiger partial charge in [0.05, 0.1) is 16.8 Å². The highest BCUT2D eigenvalue weighted by Crippen LogP contribution is 2.32. The summed E-state index contributed by atoms with van der Waals surface area (Å²) in [6.07, 6.45) is -4.45. The number of aromatic amines is 1. The highest BCUT2D eigenvalue weighted by molar-refractivity contribution is 7.11. The molecule has 13 heteroatoms. The van der Waals surface area contributed by atoms with Crippen LogP contribution in [-0.4, -0.2) is 71.2 Å². The number of β-amino-alcohol motifs (C(OH)–C–C–N with tert-alkyl or cyclic N) is 1. The minimum Gasteiger partial charge on any atom is -0.490 e. The lowest BCUT2D eigenvalue weighted by molar-refractivity contribution is -0.141. The van der Waals surface area contributed by atoms with Gasteiger partial charge >= 0.3 is 11.0 Å². The quantitative estimate of drug-likeness (QED) is 0.496. The van der Waals surface area contributed by atoms with Crippen LogP contribution in [0.1, 0.15) is 28.2 Å². The Morgan fingerprint density at radius 1 is 1.42 bits per heavy atom. The monoisotopic (exact) mass is 508 g/mol. The van der Waals surface area contributed by atoms with Crippen molar-refractivity contribution in [2.24, 2.45) is 0 Å². The summed E-state index contributed by atoms with van der Waals surface area (Å²) in [7, 11) is 1.29. The summed E-state index contributed by atoms with van der Waals surface area (Å²) >= 11 is 6.21. The normalized spacial score (nSPS) is 16.5. The summed E-state index contributed by atoms with van der Waals surface area (Å²) in [5, 5.41) is 10.8. The molecule has 0 saturated carbocycles. The third kappa shape index (κ3) is 6.62. The van der Waals surface area contributed by atoms with Crippen LogP contribution >= 0.6 is 22.9 Å². The van der Waals surface area contributed by atoms with Crippen LogP contribution in [0.25, 0.3) is 0 Å². The molecule has 0 bridgehead atoms. The molecule has 1 aliphatic rings. The number of thiazole rings is 1. The molecule has 1 saturated heterocycles. The summed E-state index contributed by atoms with van der Waals surface area (Å²) in [4.78, 5) is 26.7. The van der Waals surface area contributed by atoms with Gasteiger partial charge in [-0.05, 0) is 25.0 Å². The minimum absolute atomic E-state index is 0.0282. The molecule has 0 spiro atoms. The van der Waals surface area contributed by atoms with Crippen molar-refractivity contribution in [3.05, 3.63) is 43.5 Å². The molecule has 33 heavy (non-hydrogen) atoms. The molecule has 3 rings (SSSR count). The van der Waals surface area contributed by atoms with E-state index in [1.807, 2.05) is 4.90 Å². The number of carbonyl (C=O) groups is 1. The van der Waals surface area contributed by atoms with Crippen LogP contribution in [0, 0.1) is 0 Å². The van der Waals surface area contributed by atoms with E-state index < -0.39 is 33.6 Å². The number of halogens is 4. The number of benzene rings is 1. The minimum atomic E-state index is -4.85. The fourth-order valence-corrected chi connectivity index (χ4v) is 4.61. The van der Waals surface area contributed by atoms with E-state index in [0.717, 1.165) is 4.90 Å². The van der Waals surface area contributed by atoms with Crippen LogP contribution in [0.4, 0.5) is 18.9 Å². The largest absolute Gasteiger partial charge is 0.490 e. The summed E-state index contributed by atoms with van der Waals surface area (Å²) in [5.41, 5.74) is 4.79. The first kappa shape index (κ1) is 25.3. The Kier molecular flexibility index (Phi) is 7.93. The van der Waals surface area contributed by atoms with Gasteiger partial charge in [0.25, 0.3) is 5.91 Å². The van der Waals surface area contributed by atoms with Crippen molar-refractivity contribution in [2.75, 3.05) is 39.0 Å². The van der Waals surface area contributed by atoms with E-state index in [2.05, 4.69) is 0 Å². The Morgan fingerprint density at radius 2 is 2.09 bits per heavy atom. The van der Waals surface area contributed by atoms with E-state index in [0.29, 0.717) is 42.4 Å². The molecular weight excluding hydrogens is 485 g/mol. The number of likely N-dealkylation sites (N-methyl/N-ethyl adjacent to an activating group) is 1. The molecular formula is C20H24ClF3N4O4S. The molecule has 4 N–H and O–H groups in total. The lowest BCUT2D eigenvalue weighted by Crippen LogP contribution is -2.45. The molecule has 1 aliphatic heterocycles. The molecule has 0 unspecified atom stereocenters. The van der Waals surface area contributed by atoms with Gasteiger partial charge in [-0.15, -0.1) is 0 Å². The van der Waals surface area contributed by atoms with Gasteiger partial charge in [0.2, 0.25) is 0 Å². The predicted octanol–water partition coefficient (Wildman–Crippen LogP) is 2.67. The zero-order valence-electron chi connectivity index (χ0n) is 17.7. The fourth-order valence-electron chi connectivity index (χ4n) is 3.59. The number of H-pyrrole nitrogens is 1. The highest BCUT2D eigenvalue weighted by Gasteiger charge is 2.39. The topological polar surface area (TPSA) is 112 Å². The van der Waals surface area contributed by atoms with E-state index in [-0.39, 0.29) is 30.5 Å². The number of nitrogens with two attached hydrogens (primary N) is 1. The predicted molar refractivity (Wildman–Crippen MR) is 119 cm³/mol. The first-order chi connectivity index (χ1) is 15.4. The fraction of sp³-hybridized carbons (Fsp3) is 0.500. The summed E-state index contributed by atoms with van der Waals surface area (Å²) in [5.74, 6) is -0.350. The van der Waals surface area contributed by atoms with E-state index in [1.54, 1.807) is 23.2 Å². The van der Waals surface area contributed by atoms with Gasteiger partial charge < -0.3 is 30.4 Å². The number of amides is 1. The number of likely N-dealkylation sites (tertiary alicyclic amines) is 1. The lowest BCUT2D eigenvalue weighted by Gasteiger charge is -2.34. The van der Waals surface area contributed by atoms with Crippen molar-refractivity contribution < 1.29 is 27.8 Å². The van der Waals surface area contributed by atoms with Crippen LogP contribution in [0.3, 0.4) is 0 Å². The van der Waals surface area contributed by atoms with Crippen LogP contribution < -0.4 is 15.3 Å². The van der Waals surface area contributed by atoms with Crippen LogP contribution in [0.2, 0.25) is 5.02 Å². The van der Waals surface area contributed by atoms with Gasteiger partial charge in [-0.3, -0.25) is 9.59 Å². The van der Waals surface area contributed by atoms with Gasteiger partial charge in [-0.25, -0.2) is 0 Å². The molecule has 2 aromatic rings. The Hall–Kier alpha value is -2.28. The molecule has 0 aliphatic carbocycles. The molecule has 2 heterocycles. The number of aliphatic hydroxyl groups excluding tert-OH is 1.